The molecule has 5 nitrogen and oxygen atoms in total. The molecule has 0 radical (unpaired) electrons. The molecule has 0 bridgehead atoms. The Labute approximate surface area is 149 Å². The molecule has 1 fully saturated rings. The molecule has 0 aromatic carbocycles. The summed E-state index contributed by atoms with van der Waals surface area (Å²) in [4.78, 5) is 23.2. The van der Waals surface area contributed by atoms with Crippen molar-refractivity contribution in [2.45, 2.75) is 20.3 Å². The molecule has 1 aliphatic rings. The molecule has 0 spiro atoms. The highest BCUT2D eigenvalue weighted by molar-refractivity contribution is 5.94. The van der Waals surface area contributed by atoms with Gasteiger partial charge in [-0.3, -0.25) is 14.8 Å². The first-order chi connectivity index (χ1) is 12.1. The number of amides is 1. The summed E-state index contributed by atoms with van der Waals surface area (Å²) in [6.07, 6.45) is 6.28. The van der Waals surface area contributed by atoms with Gasteiger partial charge in [-0.1, -0.05) is 13.8 Å². The molecular weight excluding hydrogens is 312 g/mol. The first-order valence-electron chi connectivity index (χ1n) is 8.99. The molecule has 0 aliphatic carbocycles. The Morgan fingerprint density at radius 3 is 2.76 bits per heavy atom. The Morgan fingerprint density at radius 2 is 2.08 bits per heavy atom. The first kappa shape index (κ1) is 17.5. The van der Waals surface area contributed by atoms with Crippen molar-refractivity contribution >= 4 is 5.91 Å². The molecule has 5 heteroatoms. The van der Waals surface area contributed by atoms with Gasteiger partial charge in [0, 0.05) is 43.8 Å². The maximum atomic E-state index is 12.3. The van der Waals surface area contributed by atoms with E-state index < -0.39 is 0 Å². The normalized spacial score (nSPS) is 17.8. The van der Waals surface area contributed by atoms with Crippen LogP contribution < -0.4 is 5.32 Å². The average molecular weight is 338 g/mol. The molecular formula is C20H26N4O. The van der Waals surface area contributed by atoms with Crippen LogP contribution in [-0.4, -0.2) is 47.0 Å². The fraction of sp³-hybridized carbons (Fsp3) is 0.450. The molecule has 2 aromatic heterocycles. The topological polar surface area (TPSA) is 58.1 Å². The van der Waals surface area contributed by atoms with Crippen LogP contribution in [0.25, 0.3) is 11.3 Å². The SMILES string of the molecule is CC(C)CN1CC[C@@H](CNC(=O)c2ccc(-c3ccncc3)nc2)C1. The summed E-state index contributed by atoms with van der Waals surface area (Å²) in [5, 5.41) is 3.06. The number of nitrogens with one attached hydrogen (secondary N) is 1. The number of carbonyl (C=O) groups excluding carboxylic acids is 1. The largest absolute Gasteiger partial charge is 0.352 e. The van der Waals surface area contributed by atoms with Crippen molar-refractivity contribution < 1.29 is 4.79 Å². The van der Waals surface area contributed by atoms with Crippen LogP contribution in [0, 0.1) is 11.8 Å². The van der Waals surface area contributed by atoms with Gasteiger partial charge in [-0.05, 0) is 49.1 Å². The van der Waals surface area contributed by atoms with E-state index in [0.717, 1.165) is 43.9 Å². The summed E-state index contributed by atoms with van der Waals surface area (Å²) in [5.41, 5.74) is 2.45. The number of pyridine rings is 2. The summed E-state index contributed by atoms with van der Waals surface area (Å²) in [5.74, 6) is 1.20. The van der Waals surface area contributed by atoms with E-state index in [1.165, 1.54) is 0 Å². The second kappa shape index (κ2) is 8.21. The Kier molecular flexibility index (Phi) is 5.76. The van der Waals surface area contributed by atoms with Gasteiger partial charge in [0.05, 0.1) is 11.3 Å². The Bertz CT molecular complexity index is 685. The van der Waals surface area contributed by atoms with Crippen molar-refractivity contribution in [3.8, 4) is 11.3 Å². The summed E-state index contributed by atoms with van der Waals surface area (Å²) < 4.78 is 0. The molecule has 1 saturated heterocycles. The maximum absolute atomic E-state index is 12.3. The molecule has 1 aliphatic heterocycles. The Balaban J connectivity index is 1.50. The van der Waals surface area contributed by atoms with E-state index >= 15 is 0 Å². The summed E-state index contributed by atoms with van der Waals surface area (Å²) in [6, 6.07) is 7.53. The molecule has 1 atom stereocenters. The van der Waals surface area contributed by atoms with Gasteiger partial charge in [-0.25, -0.2) is 0 Å². The third-order valence-corrected chi connectivity index (χ3v) is 4.55. The van der Waals surface area contributed by atoms with E-state index in [2.05, 4.69) is 34.0 Å². The predicted octanol–water partition coefficient (Wildman–Crippen LogP) is 2.85. The van der Waals surface area contributed by atoms with Crippen molar-refractivity contribution in [3.63, 3.8) is 0 Å². The predicted molar refractivity (Wildman–Crippen MR) is 99.2 cm³/mol. The highest BCUT2D eigenvalue weighted by atomic mass is 16.1. The molecule has 132 valence electrons. The lowest BCUT2D eigenvalue weighted by atomic mass is 10.1. The minimum Gasteiger partial charge on any atom is -0.352 e. The van der Waals surface area contributed by atoms with Crippen molar-refractivity contribution in [1.82, 2.24) is 20.2 Å². The molecule has 0 unspecified atom stereocenters. The van der Waals surface area contributed by atoms with Crippen molar-refractivity contribution in [3.05, 3.63) is 48.4 Å². The van der Waals surface area contributed by atoms with E-state index in [9.17, 15) is 4.79 Å². The van der Waals surface area contributed by atoms with Crippen LogP contribution >= 0.6 is 0 Å². The zero-order valence-electron chi connectivity index (χ0n) is 15.0. The third kappa shape index (κ3) is 4.86. The zero-order chi connectivity index (χ0) is 17.6. The van der Waals surface area contributed by atoms with Gasteiger partial charge in [0.1, 0.15) is 0 Å². The number of aromatic nitrogens is 2. The Hall–Kier alpha value is -2.27. The molecule has 2 aromatic rings. The van der Waals surface area contributed by atoms with Crippen LogP contribution in [0.2, 0.25) is 0 Å². The first-order valence-corrected chi connectivity index (χ1v) is 8.99. The van der Waals surface area contributed by atoms with Crippen LogP contribution in [0.15, 0.2) is 42.9 Å². The number of likely N-dealkylation sites (tertiary alicyclic amines) is 1. The van der Waals surface area contributed by atoms with E-state index in [4.69, 9.17) is 0 Å². The highest BCUT2D eigenvalue weighted by Crippen LogP contribution is 2.17. The number of rotatable bonds is 6. The second-order valence-corrected chi connectivity index (χ2v) is 7.19. The van der Waals surface area contributed by atoms with Gasteiger partial charge in [-0.2, -0.15) is 0 Å². The third-order valence-electron chi connectivity index (χ3n) is 4.55. The lowest BCUT2D eigenvalue weighted by molar-refractivity contribution is 0.0947. The van der Waals surface area contributed by atoms with Crippen LogP contribution in [0.4, 0.5) is 0 Å². The van der Waals surface area contributed by atoms with E-state index in [-0.39, 0.29) is 5.91 Å². The maximum Gasteiger partial charge on any atom is 0.252 e. The number of nitrogens with zero attached hydrogens (tertiary/aromatic N) is 3. The lowest BCUT2D eigenvalue weighted by Crippen LogP contribution is -2.31. The minimum atomic E-state index is -0.0453. The van der Waals surface area contributed by atoms with Gasteiger partial charge < -0.3 is 10.2 Å². The van der Waals surface area contributed by atoms with Gasteiger partial charge in [0.15, 0.2) is 0 Å². The summed E-state index contributed by atoms with van der Waals surface area (Å²) in [7, 11) is 0. The number of hydrogen-bond acceptors (Lipinski definition) is 4. The smallest absolute Gasteiger partial charge is 0.252 e. The second-order valence-electron chi connectivity index (χ2n) is 7.19. The van der Waals surface area contributed by atoms with E-state index in [0.29, 0.717) is 17.4 Å². The Morgan fingerprint density at radius 1 is 1.28 bits per heavy atom. The molecule has 1 N–H and O–H groups in total. The zero-order valence-corrected chi connectivity index (χ0v) is 15.0. The number of carbonyl (C=O) groups is 1. The molecule has 25 heavy (non-hydrogen) atoms. The molecule has 0 saturated carbocycles. The summed E-state index contributed by atoms with van der Waals surface area (Å²) >= 11 is 0. The fourth-order valence-electron chi connectivity index (χ4n) is 3.32. The van der Waals surface area contributed by atoms with Gasteiger partial charge >= 0.3 is 0 Å². The standard InChI is InChI=1S/C20H26N4O/c1-15(2)13-24-10-7-16(14-24)11-23-20(25)18-3-4-19(22-12-18)17-5-8-21-9-6-17/h3-6,8-9,12,15-16H,7,10-11,13-14H2,1-2H3,(H,23,25)/t16-/m0/s1. The fourth-order valence-corrected chi connectivity index (χ4v) is 3.32. The number of hydrogen-bond donors (Lipinski definition) is 1. The monoisotopic (exact) mass is 338 g/mol. The van der Waals surface area contributed by atoms with Crippen LogP contribution in [0.3, 0.4) is 0 Å². The van der Waals surface area contributed by atoms with E-state index in [1.54, 1.807) is 18.6 Å². The van der Waals surface area contributed by atoms with Crippen molar-refractivity contribution in [2.24, 2.45) is 11.8 Å². The highest BCUT2D eigenvalue weighted by Gasteiger charge is 2.23. The minimum absolute atomic E-state index is 0.0453. The lowest BCUT2D eigenvalue weighted by Gasteiger charge is -2.18. The van der Waals surface area contributed by atoms with Gasteiger partial charge in [0.2, 0.25) is 0 Å². The van der Waals surface area contributed by atoms with Crippen LogP contribution in [0.1, 0.15) is 30.6 Å². The molecule has 3 heterocycles. The van der Waals surface area contributed by atoms with Gasteiger partial charge in [0.25, 0.3) is 5.91 Å². The quantitative estimate of drug-likeness (QED) is 0.880. The van der Waals surface area contributed by atoms with Gasteiger partial charge in [-0.15, -0.1) is 0 Å². The molecule has 3 rings (SSSR count). The van der Waals surface area contributed by atoms with Crippen molar-refractivity contribution in [2.75, 3.05) is 26.2 Å². The molecule has 1 amide bonds. The van der Waals surface area contributed by atoms with Crippen LogP contribution in [0.5, 0.6) is 0 Å². The summed E-state index contributed by atoms with van der Waals surface area (Å²) in [6.45, 7) is 8.60. The van der Waals surface area contributed by atoms with Crippen molar-refractivity contribution in [1.29, 1.82) is 0 Å². The van der Waals surface area contributed by atoms with E-state index in [1.807, 2.05) is 24.3 Å². The van der Waals surface area contributed by atoms with Crippen LogP contribution in [-0.2, 0) is 0 Å². The average Bonchev–Trinajstić information content (AvgIpc) is 3.07.